The summed E-state index contributed by atoms with van der Waals surface area (Å²) in [5, 5.41) is 9.39. The molecule has 0 spiro atoms. The molecule has 0 aromatic rings. The van der Waals surface area contributed by atoms with Crippen LogP contribution in [0.4, 0.5) is 9.59 Å². The number of aldehydes is 1. The molecule has 0 aliphatic heterocycles. The molecule has 0 fully saturated rings. The Morgan fingerprint density at radius 3 is 1.71 bits per heavy atom. The Labute approximate surface area is 142 Å². The van der Waals surface area contributed by atoms with Crippen LogP contribution in [-0.2, 0) is 19.1 Å². The van der Waals surface area contributed by atoms with E-state index in [-0.39, 0.29) is 19.3 Å². The van der Waals surface area contributed by atoms with Crippen LogP contribution in [0.3, 0.4) is 0 Å². The average Bonchev–Trinajstić information content (AvgIpc) is 2.32. The molecule has 0 radical (unpaired) electrons. The van der Waals surface area contributed by atoms with Gasteiger partial charge in [-0.1, -0.05) is 0 Å². The molecular formula is C16H27NO7. The summed E-state index contributed by atoms with van der Waals surface area (Å²) < 4.78 is 10.3. The van der Waals surface area contributed by atoms with E-state index in [0.717, 1.165) is 0 Å². The summed E-state index contributed by atoms with van der Waals surface area (Å²) in [6.07, 6.45) is -1.30. The number of aliphatic carboxylic acids is 1. The standard InChI is InChI=1S/C16H27NO7/c1-15(2,3)23-13(21)17(14(22)24-16(4,5)6)11(12(19)20)9-7-8-10-18/h10-11H,7-9H2,1-6H3,(H,19,20)/t11-/m0/s1. The number of carboxylic acid groups (broad SMARTS) is 1. The van der Waals surface area contributed by atoms with Crippen molar-refractivity contribution in [1.29, 1.82) is 0 Å². The van der Waals surface area contributed by atoms with Gasteiger partial charge in [-0.05, 0) is 54.4 Å². The van der Waals surface area contributed by atoms with Crippen LogP contribution in [0.2, 0.25) is 0 Å². The third-order valence-corrected chi connectivity index (χ3v) is 2.58. The van der Waals surface area contributed by atoms with Gasteiger partial charge in [0.1, 0.15) is 23.5 Å². The maximum atomic E-state index is 12.3. The third-order valence-electron chi connectivity index (χ3n) is 2.58. The van der Waals surface area contributed by atoms with Crippen LogP contribution < -0.4 is 0 Å². The first-order valence-corrected chi connectivity index (χ1v) is 7.70. The molecule has 8 heteroatoms. The summed E-state index contributed by atoms with van der Waals surface area (Å²) >= 11 is 0. The first-order chi connectivity index (χ1) is 10.8. The van der Waals surface area contributed by atoms with Gasteiger partial charge >= 0.3 is 18.2 Å². The Balaban J connectivity index is 5.54. The van der Waals surface area contributed by atoms with Crippen LogP contribution >= 0.6 is 0 Å². The van der Waals surface area contributed by atoms with Crippen LogP contribution in [0, 0.1) is 0 Å². The zero-order chi connectivity index (χ0) is 19.1. The maximum absolute atomic E-state index is 12.3. The number of unbranched alkanes of at least 4 members (excludes halogenated alkanes) is 1. The highest BCUT2D eigenvalue weighted by molar-refractivity contribution is 5.93. The number of carbonyl (C=O) groups excluding carboxylic acids is 3. The molecular weight excluding hydrogens is 318 g/mol. The lowest BCUT2D eigenvalue weighted by atomic mass is 10.1. The van der Waals surface area contributed by atoms with E-state index >= 15 is 0 Å². The fourth-order valence-corrected chi connectivity index (χ4v) is 1.71. The highest BCUT2D eigenvalue weighted by Crippen LogP contribution is 2.19. The first kappa shape index (κ1) is 21.9. The molecule has 24 heavy (non-hydrogen) atoms. The SMILES string of the molecule is CC(C)(C)OC(=O)N(C(=O)OC(C)(C)C)[C@@H](CCCC=O)C(=O)O. The Bertz CT molecular complexity index is 446. The highest BCUT2D eigenvalue weighted by Gasteiger charge is 2.39. The van der Waals surface area contributed by atoms with Crippen molar-refractivity contribution in [2.24, 2.45) is 0 Å². The molecule has 8 nitrogen and oxygen atoms in total. The van der Waals surface area contributed by atoms with E-state index < -0.39 is 35.4 Å². The van der Waals surface area contributed by atoms with Crippen molar-refractivity contribution in [1.82, 2.24) is 4.90 Å². The molecule has 0 unspecified atom stereocenters. The number of amides is 2. The number of rotatable bonds is 6. The minimum Gasteiger partial charge on any atom is -0.480 e. The minimum absolute atomic E-state index is 0.0768. The summed E-state index contributed by atoms with van der Waals surface area (Å²) in [7, 11) is 0. The monoisotopic (exact) mass is 345 g/mol. The summed E-state index contributed by atoms with van der Waals surface area (Å²) in [5.41, 5.74) is -1.83. The van der Waals surface area contributed by atoms with Crippen molar-refractivity contribution in [3.63, 3.8) is 0 Å². The minimum atomic E-state index is -1.48. The van der Waals surface area contributed by atoms with Crippen molar-refractivity contribution in [2.75, 3.05) is 0 Å². The predicted molar refractivity (Wildman–Crippen MR) is 85.6 cm³/mol. The lowest BCUT2D eigenvalue weighted by Crippen LogP contribution is -2.52. The summed E-state index contributed by atoms with van der Waals surface area (Å²) in [6.45, 7) is 9.59. The van der Waals surface area contributed by atoms with Crippen molar-refractivity contribution in [3.05, 3.63) is 0 Å². The third kappa shape index (κ3) is 8.50. The van der Waals surface area contributed by atoms with Gasteiger partial charge < -0.3 is 19.4 Å². The fourth-order valence-electron chi connectivity index (χ4n) is 1.71. The van der Waals surface area contributed by atoms with E-state index in [1.54, 1.807) is 41.5 Å². The van der Waals surface area contributed by atoms with Crippen LogP contribution in [0.1, 0.15) is 60.8 Å². The second-order valence-corrected chi connectivity index (χ2v) is 7.28. The summed E-state index contributed by atoms with van der Waals surface area (Å²) in [6, 6.07) is -1.48. The number of imide groups is 1. The number of carbonyl (C=O) groups is 4. The number of ether oxygens (including phenoxy) is 2. The largest absolute Gasteiger partial charge is 0.480 e. The molecule has 1 N–H and O–H groups in total. The lowest BCUT2D eigenvalue weighted by Gasteiger charge is -2.31. The molecule has 0 aromatic heterocycles. The fraction of sp³-hybridized carbons (Fsp3) is 0.750. The van der Waals surface area contributed by atoms with Gasteiger partial charge in [-0.2, -0.15) is 4.90 Å². The van der Waals surface area contributed by atoms with Gasteiger partial charge in [-0.25, -0.2) is 14.4 Å². The molecule has 2 amide bonds. The van der Waals surface area contributed by atoms with Gasteiger partial charge in [-0.3, -0.25) is 0 Å². The Morgan fingerprint density at radius 1 is 1.00 bits per heavy atom. The van der Waals surface area contributed by atoms with E-state index in [1.165, 1.54) is 0 Å². The van der Waals surface area contributed by atoms with Crippen molar-refractivity contribution in [3.8, 4) is 0 Å². The number of hydrogen-bond donors (Lipinski definition) is 1. The molecule has 0 aromatic carbocycles. The second-order valence-electron chi connectivity index (χ2n) is 7.28. The predicted octanol–water partition coefficient (Wildman–Crippen LogP) is 2.98. The Morgan fingerprint density at radius 2 is 1.42 bits per heavy atom. The second kappa shape index (κ2) is 8.65. The van der Waals surface area contributed by atoms with Gasteiger partial charge in [0.2, 0.25) is 0 Å². The van der Waals surface area contributed by atoms with Crippen LogP contribution in [0.25, 0.3) is 0 Å². The molecule has 0 heterocycles. The lowest BCUT2D eigenvalue weighted by molar-refractivity contribution is -0.143. The van der Waals surface area contributed by atoms with E-state index in [9.17, 15) is 24.3 Å². The van der Waals surface area contributed by atoms with Gasteiger partial charge in [0.25, 0.3) is 0 Å². The van der Waals surface area contributed by atoms with E-state index in [4.69, 9.17) is 9.47 Å². The van der Waals surface area contributed by atoms with Crippen LogP contribution in [0.15, 0.2) is 0 Å². The molecule has 138 valence electrons. The van der Waals surface area contributed by atoms with Gasteiger partial charge in [0, 0.05) is 6.42 Å². The van der Waals surface area contributed by atoms with Crippen LogP contribution in [0.5, 0.6) is 0 Å². The molecule has 0 saturated heterocycles. The molecule has 0 bridgehead atoms. The average molecular weight is 345 g/mol. The number of carboxylic acids is 1. The van der Waals surface area contributed by atoms with E-state index in [2.05, 4.69) is 0 Å². The van der Waals surface area contributed by atoms with Gasteiger partial charge in [0.15, 0.2) is 0 Å². The van der Waals surface area contributed by atoms with Gasteiger partial charge in [0.05, 0.1) is 0 Å². The molecule has 0 aliphatic rings. The van der Waals surface area contributed by atoms with Crippen molar-refractivity contribution in [2.45, 2.75) is 78.0 Å². The highest BCUT2D eigenvalue weighted by atomic mass is 16.6. The topological polar surface area (TPSA) is 110 Å². The summed E-state index contributed by atoms with van der Waals surface area (Å²) in [5.74, 6) is -1.38. The smallest absolute Gasteiger partial charge is 0.420 e. The van der Waals surface area contributed by atoms with Gasteiger partial charge in [-0.15, -0.1) is 0 Å². The number of nitrogens with zero attached hydrogens (tertiary/aromatic N) is 1. The zero-order valence-electron chi connectivity index (χ0n) is 15.1. The molecule has 1 atom stereocenters. The molecule has 0 aliphatic carbocycles. The van der Waals surface area contributed by atoms with Crippen LogP contribution in [-0.4, -0.2) is 51.7 Å². The van der Waals surface area contributed by atoms with E-state index in [1.807, 2.05) is 0 Å². The Kier molecular flexibility index (Phi) is 7.89. The quantitative estimate of drug-likeness (QED) is 0.582. The van der Waals surface area contributed by atoms with E-state index in [0.29, 0.717) is 11.2 Å². The Hall–Kier alpha value is -2.12. The maximum Gasteiger partial charge on any atom is 0.420 e. The normalized spacial score (nSPS) is 12.9. The number of hydrogen-bond acceptors (Lipinski definition) is 6. The molecule has 0 saturated carbocycles. The van der Waals surface area contributed by atoms with Crippen molar-refractivity contribution >= 4 is 24.4 Å². The summed E-state index contributed by atoms with van der Waals surface area (Å²) in [4.78, 5) is 47.1. The molecule has 0 rings (SSSR count). The van der Waals surface area contributed by atoms with Crippen molar-refractivity contribution < 1.29 is 33.8 Å². The first-order valence-electron chi connectivity index (χ1n) is 7.70. The zero-order valence-corrected chi connectivity index (χ0v) is 15.1.